The Morgan fingerprint density at radius 3 is 2.82 bits per heavy atom. The summed E-state index contributed by atoms with van der Waals surface area (Å²) >= 11 is 0. The van der Waals surface area contributed by atoms with Crippen molar-refractivity contribution in [2.24, 2.45) is 0 Å². The number of aliphatic carboxylic acids is 1. The van der Waals surface area contributed by atoms with E-state index in [2.05, 4.69) is 10.3 Å². The molecule has 0 aliphatic rings. The molecule has 0 aliphatic heterocycles. The van der Waals surface area contributed by atoms with Gasteiger partial charge in [0.25, 0.3) is 0 Å². The largest absolute Gasteiger partial charge is 0.481 e. The van der Waals surface area contributed by atoms with E-state index in [1.165, 1.54) is 0 Å². The van der Waals surface area contributed by atoms with E-state index in [-0.39, 0.29) is 6.42 Å². The summed E-state index contributed by atoms with van der Waals surface area (Å²) in [4.78, 5) is 10.7. The van der Waals surface area contributed by atoms with E-state index >= 15 is 0 Å². The highest BCUT2D eigenvalue weighted by Gasteiger charge is 2.13. The zero-order chi connectivity index (χ0) is 12.7. The zero-order valence-electron chi connectivity index (χ0n) is 10.3. The summed E-state index contributed by atoms with van der Waals surface area (Å²) < 4.78 is 6.77. The highest BCUT2D eigenvalue weighted by Crippen LogP contribution is 2.08. The van der Waals surface area contributed by atoms with Gasteiger partial charge in [-0.25, -0.2) is 4.68 Å². The lowest BCUT2D eigenvalue weighted by Crippen LogP contribution is -2.08. The fourth-order valence-electron chi connectivity index (χ4n) is 1.72. The molecule has 0 fully saturated rings. The Hall–Kier alpha value is -1.43. The molecule has 1 aromatic heterocycles. The molecule has 6 nitrogen and oxygen atoms in total. The van der Waals surface area contributed by atoms with Crippen LogP contribution in [0.1, 0.15) is 31.2 Å². The Kier molecular flexibility index (Phi) is 5.62. The third-order valence-electron chi connectivity index (χ3n) is 2.54. The summed E-state index contributed by atoms with van der Waals surface area (Å²) in [6.45, 7) is 3.48. The topological polar surface area (TPSA) is 77.2 Å². The maximum Gasteiger partial charge on any atom is 0.309 e. The summed E-state index contributed by atoms with van der Waals surface area (Å²) in [5, 5.41) is 16.7. The number of carbonyl (C=O) groups is 1. The molecule has 1 rings (SSSR count). The SMILES string of the molecule is CCc1c(CC(=O)O)nnn1CCCCOC. The van der Waals surface area contributed by atoms with Gasteiger partial charge in [0.2, 0.25) is 0 Å². The standard InChI is InChI=1S/C11H19N3O3/c1-3-10-9(8-11(15)16)12-13-14(10)6-4-5-7-17-2/h3-8H2,1-2H3,(H,15,16). The molecular weight excluding hydrogens is 222 g/mol. The van der Waals surface area contributed by atoms with Crippen molar-refractivity contribution in [3.8, 4) is 0 Å². The van der Waals surface area contributed by atoms with Crippen molar-refractivity contribution in [2.45, 2.75) is 39.2 Å². The van der Waals surface area contributed by atoms with Gasteiger partial charge in [-0.15, -0.1) is 5.10 Å². The minimum Gasteiger partial charge on any atom is -0.481 e. The van der Waals surface area contributed by atoms with Crippen LogP contribution in [0.2, 0.25) is 0 Å². The van der Waals surface area contributed by atoms with E-state index in [9.17, 15) is 4.79 Å². The average Bonchev–Trinajstić information content (AvgIpc) is 2.66. The maximum atomic E-state index is 10.7. The number of carboxylic acids is 1. The Morgan fingerprint density at radius 2 is 2.24 bits per heavy atom. The molecule has 0 spiro atoms. The Bertz CT molecular complexity index is 363. The van der Waals surface area contributed by atoms with Crippen LogP contribution >= 0.6 is 0 Å². The molecule has 0 aliphatic carbocycles. The molecule has 1 heterocycles. The predicted molar refractivity (Wildman–Crippen MR) is 61.8 cm³/mol. The summed E-state index contributed by atoms with van der Waals surface area (Å²) in [5.74, 6) is -0.869. The van der Waals surface area contributed by atoms with Crippen molar-refractivity contribution in [1.29, 1.82) is 0 Å². The second-order valence-corrected chi connectivity index (χ2v) is 3.83. The molecule has 0 bridgehead atoms. The molecule has 0 radical (unpaired) electrons. The quantitative estimate of drug-likeness (QED) is 0.684. The highest BCUT2D eigenvalue weighted by atomic mass is 16.5. The van der Waals surface area contributed by atoms with Crippen LogP contribution in [-0.4, -0.2) is 39.8 Å². The second kappa shape index (κ2) is 7.01. The molecule has 6 heteroatoms. The van der Waals surface area contributed by atoms with Gasteiger partial charge in [0.15, 0.2) is 0 Å². The van der Waals surface area contributed by atoms with Crippen molar-refractivity contribution in [1.82, 2.24) is 15.0 Å². The Morgan fingerprint density at radius 1 is 1.47 bits per heavy atom. The van der Waals surface area contributed by atoms with Crippen LogP contribution in [0.3, 0.4) is 0 Å². The third-order valence-corrected chi connectivity index (χ3v) is 2.54. The fraction of sp³-hybridized carbons (Fsp3) is 0.727. The van der Waals surface area contributed by atoms with Crippen LogP contribution < -0.4 is 0 Å². The number of carboxylic acid groups (broad SMARTS) is 1. The number of aryl methyl sites for hydroxylation is 1. The van der Waals surface area contributed by atoms with E-state index in [1.807, 2.05) is 6.92 Å². The van der Waals surface area contributed by atoms with Crippen molar-refractivity contribution in [3.63, 3.8) is 0 Å². The summed E-state index contributed by atoms with van der Waals surface area (Å²) in [6.07, 6.45) is 2.62. The first-order valence-corrected chi connectivity index (χ1v) is 5.81. The van der Waals surface area contributed by atoms with Gasteiger partial charge in [-0.1, -0.05) is 12.1 Å². The molecule has 0 aromatic carbocycles. The number of nitrogens with zero attached hydrogens (tertiary/aromatic N) is 3. The van der Waals surface area contributed by atoms with E-state index in [1.54, 1.807) is 11.8 Å². The molecule has 0 saturated heterocycles. The summed E-state index contributed by atoms with van der Waals surface area (Å²) in [5.41, 5.74) is 1.50. The smallest absolute Gasteiger partial charge is 0.309 e. The number of ether oxygens (including phenoxy) is 1. The second-order valence-electron chi connectivity index (χ2n) is 3.83. The van der Waals surface area contributed by atoms with Gasteiger partial charge in [0.05, 0.1) is 17.8 Å². The van der Waals surface area contributed by atoms with Gasteiger partial charge >= 0.3 is 5.97 Å². The van der Waals surface area contributed by atoms with Crippen LogP contribution in [0, 0.1) is 0 Å². The zero-order valence-corrected chi connectivity index (χ0v) is 10.3. The van der Waals surface area contributed by atoms with Crippen molar-refractivity contribution in [3.05, 3.63) is 11.4 Å². The number of aromatic nitrogens is 3. The van der Waals surface area contributed by atoms with Crippen LogP contribution in [0.5, 0.6) is 0 Å². The number of methoxy groups -OCH3 is 1. The lowest BCUT2D eigenvalue weighted by Gasteiger charge is -2.05. The normalized spacial score (nSPS) is 10.7. The van der Waals surface area contributed by atoms with Gasteiger partial charge in [-0.05, 0) is 19.3 Å². The first-order valence-electron chi connectivity index (χ1n) is 5.81. The molecule has 0 unspecified atom stereocenters. The lowest BCUT2D eigenvalue weighted by atomic mass is 10.2. The highest BCUT2D eigenvalue weighted by molar-refractivity contribution is 5.69. The number of unbranched alkanes of at least 4 members (excludes halogenated alkanes) is 1. The average molecular weight is 241 g/mol. The van der Waals surface area contributed by atoms with Crippen LogP contribution in [-0.2, 0) is 28.9 Å². The number of hydrogen-bond donors (Lipinski definition) is 1. The first-order chi connectivity index (χ1) is 8.19. The monoisotopic (exact) mass is 241 g/mol. The van der Waals surface area contributed by atoms with Gasteiger partial charge < -0.3 is 9.84 Å². The minimum atomic E-state index is -0.869. The van der Waals surface area contributed by atoms with E-state index in [0.717, 1.165) is 38.1 Å². The molecule has 1 N–H and O–H groups in total. The molecule has 0 amide bonds. The van der Waals surface area contributed by atoms with Crippen molar-refractivity contribution in [2.75, 3.05) is 13.7 Å². The third kappa shape index (κ3) is 4.14. The first kappa shape index (κ1) is 13.6. The minimum absolute atomic E-state index is 0.0543. The fourth-order valence-corrected chi connectivity index (χ4v) is 1.72. The van der Waals surface area contributed by atoms with E-state index < -0.39 is 5.97 Å². The molecule has 0 atom stereocenters. The van der Waals surface area contributed by atoms with Gasteiger partial charge in [-0.3, -0.25) is 4.79 Å². The van der Waals surface area contributed by atoms with Crippen LogP contribution in [0.15, 0.2) is 0 Å². The van der Waals surface area contributed by atoms with E-state index in [4.69, 9.17) is 9.84 Å². The molecule has 17 heavy (non-hydrogen) atoms. The van der Waals surface area contributed by atoms with Gasteiger partial charge in [-0.2, -0.15) is 0 Å². The molecule has 96 valence electrons. The molecule has 1 aromatic rings. The maximum absolute atomic E-state index is 10.7. The van der Waals surface area contributed by atoms with Gasteiger partial charge in [0, 0.05) is 20.3 Å². The Labute approximate surface area is 101 Å². The van der Waals surface area contributed by atoms with Crippen LogP contribution in [0.25, 0.3) is 0 Å². The summed E-state index contributed by atoms with van der Waals surface area (Å²) in [7, 11) is 1.68. The van der Waals surface area contributed by atoms with Gasteiger partial charge in [0.1, 0.15) is 0 Å². The van der Waals surface area contributed by atoms with Crippen molar-refractivity contribution < 1.29 is 14.6 Å². The Balaban J connectivity index is 2.59. The predicted octanol–water partition coefficient (Wildman–Crippen LogP) is 0.894. The van der Waals surface area contributed by atoms with Crippen LogP contribution in [0.4, 0.5) is 0 Å². The molecular formula is C11H19N3O3. The van der Waals surface area contributed by atoms with Crippen molar-refractivity contribution >= 4 is 5.97 Å². The van der Waals surface area contributed by atoms with E-state index in [0.29, 0.717) is 5.69 Å². The number of hydrogen-bond acceptors (Lipinski definition) is 4. The molecule has 0 saturated carbocycles. The lowest BCUT2D eigenvalue weighted by molar-refractivity contribution is -0.136. The summed E-state index contributed by atoms with van der Waals surface area (Å²) in [6, 6.07) is 0. The number of rotatable bonds is 8.